The van der Waals surface area contributed by atoms with Crippen LogP contribution in [-0.2, 0) is 16.6 Å². The van der Waals surface area contributed by atoms with E-state index in [1.54, 1.807) is 18.8 Å². The maximum Gasteiger partial charge on any atom is 0.269 e. The third-order valence-corrected chi connectivity index (χ3v) is 9.86. The fourth-order valence-electron chi connectivity index (χ4n) is 4.03. The maximum atomic E-state index is 13.1. The molecule has 2 aliphatic rings. The van der Waals surface area contributed by atoms with Crippen LogP contribution in [0.4, 0.5) is 5.69 Å². The fourth-order valence-corrected chi connectivity index (χ4v) is 7.73. The van der Waals surface area contributed by atoms with Gasteiger partial charge in [0.1, 0.15) is 13.9 Å². The maximum absolute atomic E-state index is 13.1. The van der Waals surface area contributed by atoms with E-state index in [2.05, 4.69) is 29.2 Å². The number of hydrogen-bond acceptors (Lipinski definition) is 9. The van der Waals surface area contributed by atoms with Crippen molar-refractivity contribution in [2.45, 2.75) is 11.8 Å². The summed E-state index contributed by atoms with van der Waals surface area (Å²) in [6.45, 7) is 1.26. The molecule has 0 unspecified atom stereocenters. The Morgan fingerprint density at radius 3 is 2.60 bits per heavy atom. The normalized spacial score (nSPS) is 19.2. The summed E-state index contributed by atoms with van der Waals surface area (Å²) in [7, 11) is 3.61. The molecule has 11 heteroatoms. The molecular formula is C24H18N3O4S4-. The monoisotopic (exact) mass is 540 g/mol. The first-order valence-electron chi connectivity index (χ1n) is 10.5. The number of allylic oxidation sites excluding steroid dienone is 1. The molecule has 1 saturated heterocycles. The van der Waals surface area contributed by atoms with E-state index >= 15 is 0 Å². The minimum absolute atomic E-state index is 0.133. The molecule has 0 bridgehead atoms. The number of amides is 1. The third-order valence-electron chi connectivity index (χ3n) is 5.78. The Hall–Kier alpha value is -2.86. The summed E-state index contributed by atoms with van der Waals surface area (Å²) in [5.74, 6) is -1.93. The van der Waals surface area contributed by atoms with E-state index in [1.165, 1.54) is 26.7 Å². The molecule has 0 aliphatic carbocycles. The molecule has 3 aromatic rings. The van der Waals surface area contributed by atoms with Gasteiger partial charge in [-0.05, 0) is 30.0 Å². The van der Waals surface area contributed by atoms with Crippen molar-refractivity contribution in [1.82, 2.24) is 9.47 Å². The number of thiazole rings is 1. The number of carboxylic acid groups (broad SMARTS) is 1. The first-order valence-corrected chi connectivity index (χ1v) is 13.3. The molecule has 1 aromatic heterocycles. The van der Waals surface area contributed by atoms with Crippen molar-refractivity contribution in [2.24, 2.45) is 7.05 Å². The minimum atomic E-state index is -1.40. The van der Waals surface area contributed by atoms with Gasteiger partial charge in [-0.1, -0.05) is 66.1 Å². The average molecular weight is 541 g/mol. The Morgan fingerprint density at radius 1 is 1.11 bits per heavy atom. The number of carbonyl (C=O) groups excluding carboxylic acids is 2. The Bertz CT molecular complexity index is 1670. The second kappa shape index (κ2) is 8.98. The second-order valence-corrected chi connectivity index (χ2v) is 11.7. The van der Waals surface area contributed by atoms with Gasteiger partial charge in [0, 0.05) is 24.4 Å². The molecule has 1 fully saturated rings. The highest BCUT2D eigenvalue weighted by Crippen LogP contribution is 2.48. The zero-order valence-electron chi connectivity index (χ0n) is 18.9. The largest absolute Gasteiger partial charge is 0.548 e. The van der Waals surface area contributed by atoms with Gasteiger partial charge in [0.05, 0.1) is 27.8 Å². The summed E-state index contributed by atoms with van der Waals surface area (Å²) in [4.78, 5) is 41.4. The summed E-state index contributed by atoms with van der Waals surface area (Å²) in [5.41, 5.74) is 1.69. The third kappa shape index (κ3) is 4.02. The van der Waals surface area contributed by atoms with E-state index in [9.17, 15) is 19.5 Å². The van der Waals surface area contributed by atoms with Crippen molar-refractivity contribution in [1.29, 1.82) is 0 Å². The number of anilines is 1. The van der Waals surface area contributed by atoms with Crippen LogP contribution in [0.1, 0.15) is 6.92 Å². The molecule has 178 valence electrons. The number of thiocarbonyl (C=S) groups is 1. The zero-order chi connectivity index (χ0) is 25.0. The zero-order valence-corrected chi connectivity index (χ0v) is 22.1. The van der Waals surface area contributed by atoms with Crippen LogP contribution in [0.5, 0.6) is 0 Å². The molecule has 0 atom stereocenters. The number of benzene rings is 2. The minimum Gasteiger partial charge on any atom is -0.548 e. The molecule has 3 heterocycles. The van der Waals surface area contributed by atoms with E-state index < -0.39 is 18.4 Å². The predicted molar refractivity (Wildman–Crippen MR) is 144 cm³/mol. The lowest BCUT2D eigenvalue weighted by molar-refractivity contribution is -0.305. The number of thioether (sulfide) groups is 2. The number of carbonyl (C=O) groups is 2. The molecule has 5 rings (SSSR count). The molecule has 2 aliphatic heterocycles. The van der Waals surface area contributed by atoms with Crippen molar-refractivity contribution in [3.8, 4) is 0 Å². The molecule has 0 N–H and O–H groups in total. The Labute approximate surface area is 218 Å². The summed E-state index contributed by atoms with van der Waals surface area (Å²) in [5, 5.41) is 14.3. The van der Waals surface area contributed by atoms with E-state index in [4.69, 9.17) is 12.2 Å². The smallest absolute Gasteiger partial charge is 0.269 e. The van der Waals surface area contributed by atoms with Crippen molar-refractivity contribution in [3.05, 3.63) is 67.1 Å². The molecule has 0 saturated carbocycles. The van der Waals surface area contributed by atoms with Gasteiger partial charge in [0.25, 0.3) is 11.5 Å². The second-order valence-electron chi connectivity index (χ2n) is 8.02. The van der Waals surface area contributed by atoms with E-state index in [0.717, 1.165) is 37.8 Å². The van der Waals surface area contributed by atoms with Gasteiger partial charge in [-0.15, -0.1) is 11.3 Å². The standard InChI is InChI=1S/C24H19N3O4S4/c1-12(10-16-25(2)18-14-7-5-4-6-13(14)8-9-15(18)33-16)19-21(30)26(3)23(34-19)20-22(31)27(11-17(28)29)24(32)35-20/h4-10H,11H2,1-3H3,(H,28,29)/p-1/b16-10-,19-12+,23-20-. The van der Waals surface area contributed by atoms with Gasteiger partial charge >= 0.3 is 0 Å². The fraction of sp³-hybridized carbons (Fsp3) is 0.167. The van der Waals surface area contributed by atoms with Gasteiger partial charge in [-0.3, -0.25) is 14.5 Å². The summed E-state index contributed by atoms with van der Waals surface area (Å²) >= 11 is 9.02. The van der Waals surface area contributed by atoms with Gasteiger partial charge < -0.3 is 19.4 Å². The number of aliphatic carboxylic acids is 1. The number of hydrogen-bond donors (Lipinski definition) is 0. The lowest BCUT2D eigenvalue weighted by Gasteiger charge is -2.15. The summed E-state index contributed by atoms with van der Waals surface area (Å²) < 4.78 is 2.51. The van der Waals surface area contributed by atoms with E-state index in [0.29, 0.717) is 9.20 Å². The summed E-state index contributed by atoms with van der Waals surface area (Å²) in [6, 6.07) is 12.5. The van der Waals surface area contributed by atoms with Crippen molar-refractivity contribution in [2.75, 3.05) is 18.5 Å². The van der Waals surface area contributed by atoms with Crippen LogP contribution >= 0.6 is 47.1 Å². The average Bonchev–Trinajstić information content (AvgIpc) is 3.40. The Balaban J connectivity index is 1.60. The number of nitrogens with zero attached hydrogens (tertiary/aromatic N) is 3. The lowest BCUT2D eigenvalue weighted by atomic mass is 10.1. The van der Waals surface area contributed by atoms with Gasteiger partial charge in [-0.2, -0.15) is 0 Å². The van der Waals surface area contributed by atoms with Crippen LogP contribution in [0.15, 0.2) is 57.2 Å². The van der Waals surface area contributed by atoms with Crippen molar-refractivity contribution < 1.29 is 14.7 Å². The van der Waals surface area contributed by atoms with Crippen LogP contribution < -0.4 is 24.8 Å². The number of carboxylic acids is 1. The predicted octanol–water partition coefficient (Wildman–Crippen LogP) is 1.57. The van der Waals surface area contributed by atoms with E-state index in [1.807, 2.05) is 32.2 Å². The van der Waals surface area contributed by atoms with Crippen molar-refractivity contribution in [3.63, 3.8) is 0 Å². The Kier molecular flexibility index (Phi) is 6.12. The number of rotatable bonds is 3. The molecule has 0 spiro atoms. The molecule has 7 nitrogen and oxygen atoms in total. The highest BCUT2D eigenvalue weighted by atomic mass is 32.2. The quantitative estimate of drug-likeness (QED) is 0.463. The first kappa shape index (κ1) is 23.9. The van der Waals surface area contributed by atoms with Gasteiger partial charge in [0.15, 0.2) is 0 Å². The molecule has 2 aromatic carbocycles. The van der Waals surface area contributed by atoms with Crippen LogP contribution in [-0.4, -0.2) is 39.3 Å². The number of aromatic nitrogens is 1. The number of fused-ring (bicyclic) bond motifs is 3. The van der Waals surface area contributed by atoms with Crippen LogP contribution in [0.25, 0.3) is 21.3 Å². The summed E-state index contributed by atoms with van der Waals surface area (Å²) in [6.07, 6.45) is 1.98. The lowest BCUT2D eigenvalue weighted by Crippen LogP contribution is -2.40. The van der Waals surface area contributed by atoms with Gasteiger partial charge in [0.2, 0.25) is 0 Å². The molecule has 1 amide bonds. The highest BCUT2D eigenvalue weighted by molar-refractivity contribution is 8.30. The van der Waals surface area contributed by atoms with Crippen LogP contribution in [0, 0.1) is 0 Å². The Morgan fingerprint density at radius 2 is 1.86 bits per heavy atom. The molecule has 0 radical (unpaired) electrons. The van der Waals surface area contributed by atoms with Crippen molar-refractivity contribution >= 4 is 90.2 Å². The first-order chi connectivity index (χ1) is 16.7. The van der Waals surface area contributed by atoms with Gasteiger partial charge in [-0.25, -0.2) is 0 Å². The van der Waals surface area contributed by atoms with Crippen LogP contribution in [0.2, 0.25) is 0 Å². The van der Waals surface area contributed by atoms with Crippen LogP contribution in [0.3, 0.4) is 0 Å². The highest BCUT2D eigenvalue weighted by Gasteiger charge is 2.34. The molecule has 35 heavy (non-hydrogen) atoms. The molecular weight excluding hydrogens is 523 g/mol. The van der Waals surface area contributed by atoms with E-state index in [-0.39, 0.29) is 14.8 Å². The SMILES string of the molecule is CC(/C=C1\Sc2ccc3ccccc3c2N1C)=c1\s/c(=C2\SC(=S)N(CC(=O)[O-])C2=O)n(C)c1=O. The topological polar surface area (TPSA) is 85.7 Å².